The van der Waals surface area contributed by atoms with Gasteiger partial charge in [-0.1, -0.05) is 65.5 Å². The maximum atomic E-state index is 12.6. The number of hydrogen-bond donors (Lipinski definition) is 2. The Balaban J connectivity index is 1.07. The summed E-state index contributed by atoms with van der Waals surface area (Å²) >= 11 is 4.09. The minimum atomic E-state index is -0.331. The maximum absolute atomic E-state index is 12.6. The van der Waals surface area contributed by atoms with Crippen LogP contribution in [0.2, 0.25) is 0 Å². The Morgan fingerprint density at radius 2 is 1.45 bits per heavy atom. The molecule has 4 aliphatic carbocycles. The van der Waals surface area contributed by atoms with E-state index in [0.717, 1.165) is 60.5 Å². The minimum absolute atomic E-state index is 0.0348. The van der Waals surface area contributed by atoms with Gasteiger partial charge in [-0.25, -0.2) is 4.79 Å². The van der Waals surface area contributed by atoms with E-state index < -0.39 is 0 Å². The molecule has 4 rings (SSSR count). The van der Waals surface area contributed by atoms with Crippen molar-refractivity contribution in [3.63, 3.8) is 0 Å². The number of thiol groups is 1. The van der Waals surface area contributed by atoms with Crippen LogP contribution in [-0.4, -0.2) is 90.6 Å². The summed E-state index contributed by atoms with van der Waals surface area (Å²) in [5, 5.41) is 2.88. The van der Waals surface area contributed by atoms with Gasteiger partial charge >= 0.3 is 6.09 Å². The second-order valence-corrected chi connectivity index (χ2v) is 16.7. The van der Waals surface area contributed by atoms with Crippen LogP contribution in [0, 0.1) is 46.3 Å². The standard InChI is InChI=1S/C40H71NO7S/c1-30(2)7-6-8-31(3)35-11-12-36-34-10-9-32-29-33(13-15-39(32,4)37(34)14-16-40(35,36)5)48-38(42)41-17-18-43-19-20-44-21-22-45-23-24-46-25-26-47-27-28-49/h9,30-31,33-37,49H,6-8,10-29H2,1-5H3,(H,41,42)/t31-,33+,34+,35-,36+,37+,39+,40-/m1/s1. The first-order valence-corrected chi connectivity index (χ1v) is 20.5. The number of allylic oxidation sites excluding steroid dienone is 1. The smallest absolute Gasteiger partial charge is 0.407 e. The first-order valence-electron chi connectivity index (χ1n) is 19.8. The van der Waals surface area contributed by atoms with Gasteiger partial charge < -0.3 is 33.7 Å². The predicted molar refractivity (Wildman–Crippen MR) is 199 cm³/mol. The fourth-order valence-electron chi connectivity index (χ4n) is 10.2. The van der Waals surface area contributed by atoms with Gasteiger partial charge in [-0.05, 0) is 91.3 Å². The summed E-state index contributed by atoms with van der Waals surface area (Å²) in [4.78, 5) is 12.6. The second-order valence-electron chi connectivity index (χ2n) is 16.3. The van der Waals surface area contributed by atoms with Crippen molar-refractivity contribution in [3.05, 3.63) is 11.6 Å². The average molecular weight is 710 g/mol. The molecule has 49 heavy (non-hydrogen) atoms. The lowest BCUT2D eigenvalue weighted by molar-refractivity contribution is -0.0581. The van der Waals surface area contributed by atoms with Crippen LogP contribution in [0.4, 0.5) is 4.79 Å². The zero-order valence-electron chi connectivity index (χ0n) is 31.7. The lowest BCUT2D eigenvalue weighted by Gasteiger charge is -2.58. The van der Waals surface area contributed by atoms with Crippen molar-refractivity contribution in [2.75, 3.05) is 78.4 Å². The summed E-state index contributed by atoms with van der Waals surface area (Å²) in [6.07, 6.45) is 16.2. The largest absolute Gasteiger partial charge is 0.446 e. The quantitative estimate of drug-likeness (QED) is 0.0630. The van der Waals surface area contributed by atoms with Crippen molar-refractivity contribution in [3.8, 4) is 0 Å². The summed E-state index contributed by atoms with van der Waals surface area (Å²) in [6.45, 7) is 18.2. The minimum Gasteiger partial charge on any atom is -0.446 e. The van der Waals surface area contributed by atoms with Gasteiger partial charge in [0.25, 0.3) is 0 Å². The molecular formula is C40H71NO7S. The molecule has 8 nitrogen and oxygen atoms in total. The number of nitrogens with one attached hydrogen (secondary N) is 1. The Labute approximate surface area is 304 Å². The molecular weight excluding hydrogens is 639 g/mol. The van der Waals surface area contributed by atoms with Gasteiger partial charge in [-0.15, -0.1) is 0 Å². The first-order chi connectivity index (χ1) is 23.7. The van der Waals surface area contributed by atoms with Crippen LogP contribution in [0.25, 0.3) is 0 Å². The molecule has 0 heterocycles. The van der Waals surface area contributed by atoms with Crippen molar-refractivity contribution < 1.29 is 33.2 Å². The lowest BCUT2D eigenvalue weighted by Crippen LogP contribution is -2.51. The van der Waals surface area contributed by atoms with Crippen molar-refractivity contribution in [1.29, 1.82) is 0 Å². The summed E-state index contributed by atoms with van der Waals surface area (Å²) in [6, 6.07) is 0. The first kappa shape index (κ1) is 40.9. The third-order valence-corrected chi connectivity index (χ3v) is 13.0. The molecule has 0 bridgehead atoms. The molecule has 0 aromatic rings. The monoisotopic (exact) mass is 709 g/mol. The molecule has 0 unspecified atom stereocenters. The molecule has 0 aliphatic heterocycles. The van der Waals surface area contributed by atoms with Gasteiger partial charge in [0.05, 0.1) is 66.1 Å². The molecule has 284 valence electrons. The Morgan fingerprint density at radius 3 is 2.08 bits per heavy atom. The highest BCUT2D eigenvalue weighted by Crippen LogP contribution is 2.67. The van der Waals surface area contributed by atoms with Crippen LogP contribution in [-0.2, 0) is 28.4 Å². The van der Waals surface area contributed by atoms with Crippen LogP contribution in [0.5, 0.6) is 0 Å². The lowest BCUT2D eigenvalue weighted by atomic mass is 9.47. The molecule has 0 saturated heterocycles. The number of carbonyl (C=O) groups excluding carboxylic acids is 1. The number of ether oxygens (including phenoxy) is 6. The van der Waals surface area contributed by atoms with Crippen molar-refractivity contribution in [1.82, 2.24) is 5.32 Å². The predicted octanol–water partition coefficient (Wildman–Crippen LogP) is 8.14. The summed E-state index contributed by atoms with van der Waals surface area (Å²) < 4.78 is 33.3. The molecule has 0 aromatic heterocycles. The van der Waals surface area contributed by atoms with E-state index in [2.05, 4.69) is 58.6 Å². The zero-order valence-corrected chi connectivity index (χ0v) is 32.6. The summed E-state index contributed by atoms with van der Waals surface area (Å²) in [5.74, 6) is 5.76. The Kier molecular flexibility index (Phi) is 17.5. The number of alkyl carbamates (subject to hydrolysis) is 1. The number of amides is 1. The summed E-state index contributed by atoms with van der Waals surface area (Å²) in [5.41, 5.74) is 2.34. The van der Waals surface area contributed by atoms with E-state index >= 15 is 0 Å². The number of carbonyl (C=O) groups is 1. The number of fused-ring (bicyclic) bond motifs is 5. The molecule has 1 N–H and O–H groups in total. The van der Waals surface area contributed by atoms with E-state index in [9.17, 15) is 4.79 Å². The Morgan fingerprint density at radius 1 is 0.816 bits per heavy atom. The topological polar surface area (TPSA) is 84.5 Å². The van der Waals surface area contributed by atoms with E-state index in [1.165, 1.54) is 51.4 Å². The third kappa shape index (κ3) is 11.8. The van der Waals surface area contributed by atoms with Crippen LogP contribution < -0.4 is 5.32 Å². The van der Waals surface area contributed by atoms with Crippen LogP contribution in [0.15, 0.2) is 11.6 Å². The molecule has 1 amide bonds. The van der Waals surface area contributed by atoms with E-state index in [4.69, 9.17) is 28.4 Å². The Hall–Kier alpha value is -0.840. The van der Waals surface area contributed by atoms with Crippen molar-refractivity contribution >= 4 is 18.7 Å². The molecule has 8 atom stereocenters. The van der Waals surface area contributed by atoms with Gasteiger partial charge in [0, 0.05) is 18.7 Å². The highest BCUT2D eigenvalue weighted by atomic mass is 32.1. The highest BCUT2D eigenvalue weighted by Gasteiger charge is 2.59. The van der Waals surface area contributed by atoms with E-state index in [0.29, 0.717) is 78.0 Å². The highest BCUT2D eigenvalue weighted by molar-refractivity contribution is 7.80. The molecule has 3 saturated carbocycles. The van der Waals surface area contributed by atoms with E-state index in [-0.39, 0.29) is 17.6 Å². The van der Waals surface area contributed by atoms with Gasteiger partial charge in [0.1, 0.15) is 6.10 Å². The second kappa shape index (κ2) is 21.0. The number of rotatable bonds is 23. The zero-order chi connectivity index (χ0) is 35.1. The Bertz CT molecular complexity index is 996. The molecule has 0 radical (unpaired) electrons. The SMILES string of the molecule is CC(C)CCC[C@@H](C)[C@H]1CC[C@H]2[C@@H]3CC=C4C[C@@H](OC(=O)NCCOCCOCCOCCOCCOCCS)CC[C@]4(C)[C@H]3CC[C@]12C. The normalized spacial score (nSPS) is 31.5. The molecule has 0 aromatic carbocycles. The van der Waals surface area contributed by atoms with E-state index in [1.807, 2.05) is 0 Å². The number of hydrogen-bond acceptors (Lipinski definition) is 8. The van der Waals surface area contributed by atoms with Gasteiger partial charge in [-0.2, -0.15) is 12.6 Å². The molecule has 4 aliphatic rings. The van der Waals surface area contributed by atoms with Crippen LogP contribution in [0.3, 0.4) is 0 Å². The van der Waals surface area contributed by atoms with Gasteiger partial charge in [0.15, 0.2) is 0 Å². The fraction of sp³-hybridized carbons (Fsp3) is 0.925. The average Bonchev–Trinajstić information content (AvgIpc) is 3.43. The van der Waals surface area contributed by atoms with Crippen molar-refractivity contribution in [2.24, 2.45) is 46.3 Å². The fourth-order valence-corrected chi connectivity index (χ4v) is 10.3. The van der Waals surface area contributed by atoms with Crippen LogP contribution in [0.1, 0.15) is 105 Å². The van der Waals surface area contributed by atoms with Gasteiger partial charge in [-0.3, -0.25) is 0 Å². The van der Waals surface area contributed by atoms with Crippen molar-refractivity contribution in [2.45, 2.75) is 111 Å². The van der Waals surface area contributed by atoms with Crippen LogP contribution >= 0.6 is 12.6 Å². The third-order valence-electron chi connectivity index (χ3n) is 12.8. The molecule has 0 spiro atoms. The van der Waals surface area contributed by atoms with Gasteiger partial charge in [0.2, 0.25) is 0 Å². The maximum Gasteiger partial charge on any atom is 0.407 e. The molecule has 3 fully saturated rings. The van der Waals surface area contributed by atoms with E-state index in [1.54, 1.807) is 5.57 Å². The summed E-state index contributed by atoms with van der Waals surface area (Å²) in [7, 11) is 0. The molecule has 9 heteroatoms.